The van der Waals surface area contributed by atoms with E-state index in [2.05, 4.69) is 20.9 Å². The first-order chi connectivity index (χ1) is 14.2. The number of anilines is 4. The molecule has 0 aliphatic heterocycles. The number of carbonyl (C=O) groups is 1. The first-order valence-corrected chi connectivity index (χ1v) is 9.01. The highest BCUT2D eigenvalue weighted by atomic mass is 16.1. The smallest absolute Gasteiger partial charge is 0.255 e. The van der Waals surface area contributed by atoms with Gasteiger partial charge in [0.25, 0.3) is 5.91 Å². The normalized spacial score (nSPS) is 10.3. The number of benzene rings is 2. The van der Waals surface area contributed by atoms with Gasteiger partial charge in [0.1, 0.15) is 17.5 Å². The molecule has 0 saturated heterocycles. The molecule has 142 valence electrons. The Hall–Kier alpha value is -4.31. The van der Waals surface area contributed by atoms with Crippen LogP contribution < -0.4 is 16.0 Å². The van der Waals surface area contributed by atoms with Crippen molar-refractivity contribution in [2.24, 2.45) is 0 Å². The molecule has 3 N–H and O–H groups in total. The number of hydrogen-bond donors (Lipinski definition) is 3. The molecule has 0 atom stereocenters. The molecule has 0 unspecified atom stereocenters. The van der Waals surface area contributed by atoms with Gasteiger partial charge in [-0.25, -0.2) is 4.98 Å². The standard InChI is InChI=1S/C22H18N6O/c1-24-16-7-5-15(6-8-16)22(29)27-18-11-9-17(10-12-18)25-20-3-2-4-21-26-19(13-23)14-28(20)21/h2-12,14,24-25H,1H3,(H,27,29). The lowest BCUT2D eigenvalue weighted by Crippen LogP contribution is -2.11. The van der Waals surface area contributed by atoms with E-state index in [0.29, 0.717) is 22.6 Å². The van der Waals surface area contributed by atoms with Crippen molar-refractivity contribution in [2.45, 2.75) is 0 Å². The van der Waals surface area contributed by atoms with E-state index < -0.39 is 0 Å². The third-order valence-corrected chi connectivity index (χ3v) is 4.46. The van der Waals surface area contributed by atoms with Crippen molar-refractivity contribution in [3.8, 4) is 6.07 Å². The Morgan fingerprint density at radius 3 is 2.34 bits per heavy atom. The number of nitrogens with one attached hydrogen (secondary N) is 3. The van der Waals surface area contributed by atoms with E-state index in [0.717, 1.165) is 17.2 Å². The number of imidazole rings is 1. The molecule has 7 heteroatoms. The molecule has 2 aromatic heterocycles. The van der Waals surface area contributed by atoms with Gasteiger partial charge in [0.2, 0.25) is 0 Å². The van der Waals surface area contributed by atoms with E-state index in [9.17, 15) is 4.79 Å². The minimum absolute atomic E-state index is 0.166. The molecule has 0 saturated carbocycles. The second kappa shape index (κ2) is 7.74. The first-order valence-electron chi connectivity index (χ1n) is 9.01. The molecular formula is C22H18N6O. The molecule has 29 heavy (non-hydrogen) atoms. The minimum atomic E-state index is -0.166. The number of aromatic nitrogens is 2. The van der Waals surface area contributed by atoms with E-state index in [-0.39, 0.29) is 5.91 Å². The minimum Gasteiger partial charge on any atom is -0.388 e. The SMILES string of the molecule is CNc1ccc(C(=O)Nc2ccc(Nc3cccc4nc(C#N)cn34)cc2)cc1. The highest BCUT2D eigenvalue weighted by Gasteiger charge is 2.07. The second-order valence-electron chi connectivity index (χ2n) is 6.36. The van der Waals surface area contributed by atoms with Crippen molar-refractivity contribution >= 4 is 34.4 Å². The zero-order valence-corrected chi connectivity index (χ0v) is 15.7. The number of nitriles is 1. The van der Waals surface area contributed by atoms with Gasteiger partial charge in [-0.1, -0.05) is 6.07 Å². The predicted molar refractivity (Wildman–Crippen MR) is 114 cm³/mol. The van der Waals surface area contributed by atoms with E-state index >= 15 is 0 Å². The lowest BCUT2D eigenvalue weighted by Gasteiger charge is -2.10. The summed E-state index contributed by atoms with van der Waals surface area (Å²) in [6, 6.07) is 22.3. The third-order valence-electron chi connectivity index (χ3n) is 4.46. The Balaban J connectivity index is 1.47. The van der Waals surface area contributed by atoms with E-state index in [1.165, 1.54) is 0 Å². The maximum Gasteiger partial charge on any atom is 0.255 e. The van der Waals surface area contributed by atoms with Crippen LogP contribution in [0.1, 0.15) is 16.1 Å². The molecule has 2 heterocycles. The van der Waals surface area contributed by atoms with Gasteiger partial charge in [0, 0.05) is 35.9 Å². The Bertz CT molecular complexity index is 1200. The Kier molecular flexibility index (Phi) is 4.82. The summed E-state index contributed by atoms with van der Waals surface area (Å²) in [6.45, 7) is 0. The molecule has 0 radical (unpaired) electrons. The Morgan fingerprint density at radius 1 is 0.966 bits per heavy atom. The van der Waals surface area contributed by atoms with Crippen molar-refractivity contribution in [3.05, 3.63) is 84.2 Å². The molecule has 0 aliphatic carbocycles. The number of rotatable bonds is 5. The van der Waals surface area contributed by atoms with Gasteiger partial charge in [-0.3, -0.25) is 9.20 Å². The molecule has 4 rings (SSSR count). The number of nitrogens with zero attached hydrogens (tertiary/aromatic N) is 3. The molecule has 7 nitrogen and oxygen atoms in total. The van der Waals surface area contributed by atoms with Gasteiger partial charge in [-0.15, -0.1) is 0 Å². The van der Waals surface area contributed by atoms with Crippen LogP contribution in [-0.4, -0.2) is 22.3 Å². The summed E-state index contributed by atoms with van der Waals surface area (Å²) in [5, 5.41) is 18.3. The van der Waals surface area contributed by atoms with Gasteiger partial charge >= 0.3 is 0 Å². The summed E-state index contributed by atoms with van der Waals surface area (Å²) in [5.41, 5.74) is 4.14. The third kappa shape index (κ3) is 3.87. The van der Waals surface area contributed by atoms with Crippen LogP contribution in [0.3, 0.4) is 0 Å². The maximum atomic E-state index is 12.4. The molecule has 1 amide bonds. The molecule has 0 bridgehead atoms. The maximum absolute atomic E-state index is 12.4. The average molecular weight is 382 g/mol. The summed E-state index contributed by atoms with van der Waals surface area (Å²) in [4.78, 5) is 16.6. The van der Waals surface area contributed by atoms with Crippen LogP contribution in [0.5, 0.6) is 0 Å². The number of carbonyl (C=O) groups excluding carboxylic acids is 1. The monoisotopic (exact) mass is 382 g/mol. The predicted octanol–water partition coefficient (Wildman–Crippen LogP) is 4.24. The van der Waals surface area contributed by atoms with Crippen LogP contribution >= 0.6 is 0 Å². The van der Waals surface area contributed by atoms with E-state index in [1.54, 1.807) is 18.3 Å². The fourth-order valence-corrected chi connectivity index (χ4v) is 2.94. The summed E-state index contributed by atoms with van der Waals surface area (Å²) >= 11 is 0. The van der Waals surface area contributed by atoms with Crippen molar-refractivity contribution in [2.75, 3.05) is 23.0 Å². The molecule has 2 aromatic carbocycles. The fourth-order valence-electron chi connectivity index (χ4n) is 2.94. The van der Waals surface area contributed by atoms with Gasteiger partial charge in [-0.2, -0.15) is 5.26 Å². The van der Waals surface area contributed by atoms with Gasteiger partial charge in [0.15, 0.2) is 5.69 Å². The van der Waals surface area contributed by atoms with Crippen LogP contribution in [0.4, 0.5) is 22.9 Å². The highest BCUT2D eigenvalue weighted by molar-refractivity contribution is 6.04. The van der Waals surface area contributed by atoms with Crippen LogP contribution in [0, 0.1) is 11.3 Å². The molecule has 0 spiro atoms. The van der Waals surface area contributed by atoms with Crippen LogP contribution in [0.25, 0.3) is 5.65 Å². The summed E-state index contributed by atoms with van der Waals surface area (Å²) in [6.07, 6.45) is 1.69. The average Bonchev–Trinajstić information content (AvgIpc) is 3.20. The van der Waals surface area contributed by atoms with Gasteiger partial charge in [0.05, 0.1) is 0 Å². The van der Waals surface area contributed by atoms with Crippen LogP contribution in [0.2, 0.25) is 0 Å². The topological polar surface area (TPSA) is 94.2 Å². The molecule has 4 aromatic rings. The molecule has 0 fully saturated rings. The summed E-state index contributed by atoms with van der Waals surface area (Å²) < 4.78 is 1.82. The zero-order chi connectivity index (χ0) is 20.2. The van der Waals surface area contributed by atoms with Crippen molar-refractivity contribution in [1.82, 2.24) is 9.38 Å². The number of fused-ring (bicyclic) bond motifs is 1. The second-order valence-corrected chi connectivity index (χ2v) is 6.36. The highest BCUT2D eigenvalue weighted by Crippen LogP contribution is 2.21. The Labute approximate surface area is 167 Å². The van der Waals surface area contributed by atoms with E-state index in [4.69, 9.17) is 5.26 Å². The lowest BCUT2D eigenvalue weighted by atomic mass is 10.2. The van der Waals surface area contributed by atoms with Crippen LogP contribution in [0.15, 0.2) is 72.9 Å². The zero-order valence-electron chi connectivity index (χ0n) is 15.7. The summed E-state index contributed by atoms with van der Waals surface area (Å²) in [7, 11) is 1.83. The van der Waals surface area contributed by atoms with Gasteiger partial charge in [-0.05, 0) is 60.7 Å². The van der Waals surface area contributed by atoms with E-state index in [1.807, 2.05) is 72.1 Å². The lowest BCUT2D eigenvalue weighted by molar-refractivity contribution is 0.102. The fraction of sp³-hybridized carbons (Fsp3) is 0.0455. The quantitative estimate of drug-likeness (QED) is 0.480. The van der Waals surface area contributed by atoms with Crippen molar-refractivity contribution in [3.63, 3.8) is 0 Å². The summed E-state index contributed by atoms with van der Waals surface area (Å²) in [5.74, 6) is 0.624. The largest absolute Gasteiger partial charge is 0.388 e. The van der Waals surface area contributed by atoms with Crippen molar-refractivity contribution in [1.29, 1.82) is 5.26 Å². The number of pyridine rings is 1. The number of hydrogen-bond acceptors (Lipinski definition) is 5. The molecular weight excluding hydrogens is 364 g/mol. The number of amides is 1. The van der Waals surface area contributed by atoms with Gasteiger partial charge < -0.3 is 16.0 Å². The van der Waals surface area contributed by atoms with Crippen LogP contribution in [-0.2, 0) is 0 Å². The Morgan fingerprint density at radius 2 is 1.66 bits per heavy atom. The molecule has 0 aliphatic rings. The van der Waals surface area contributed by atoms with Crippen molar-refractivity contribution < 1.29 is 4.79 Å². The first kappa shape index (κ1) is 18.1.